The number of aliphatic hydroxyl groups excluding tert-OH is 1. The van der Waals surface area contributed by atoms with Gasteiger partial charge in [0.25, 0.3) is 0 Å². The summed E-state index contributed by atoms with van der Waals surface area (Å²) in [5, 5.41) is 9.46. The minimum atomic E-state index is -0.660. The van der Waals surface area contributed by atoms with Gasteiger partial charge in [0.2, 0.25) is 0 Å². The van der Waals surface area contributed by atoms with E-state index in [9.17, 15) is 9.50 Å². The lowest BCUT2D eigenvalue weighted by Gasteiger charge is -2.21. The number of rotatable bonds is 4. The molecule has 2 aromatic carbocycles. The fourth-order valence-corrected chi connectivity index (χ4v) is 2.47. The average Bonchev–Trinajstić information content (AvgIpc) is 2.41. The Morgan fingerprint density at radius 1 is 1.25 bits per heavy atom. The molecule has 0 saturated carbocycles. The molecule has 0 radical (unpaired) electrons. The van der Waals surface area contributed by atoms with Crippen molar-refractivity contribution in [2.24, 2.45) is 0 Å². The van der Waals surface area contributed by atoms with Crippen LogP contribution in [-0.4, -0.2) is 12.2 Å². The summed E-state index contributed by atoms with van der Waals surface area (Å²) in [6.07, 6.45) is -0.660. The first-order valence-electron chi connectivity index (χ1n) is 6.41. The Morgan fingerprint density at radius 2 is 1.95 bits per heavy atom. The van der Waals surface area contributed by atoms with Crippen LogP contribution in [0, 0.1) is 5.82 Å². The summed E-state index contributed by atoms with van der Waals surface area (Å²) in [6.45, 7) is 2.23. The number of anilines is 1. The predicted octanol–water partition coefficient (Wildman–Crippen LogP) is 4.28. The van der Waals surface area contributed by atoms with Gasteiger partial charge in [0.05, 0.1) is 11.8 Å². The van der Waals surface area contributed by atoms with Crippen molar-refractivity contribution in [2.75, 3.05) is 11.9 Å². The van der Waals surface area contributed by atoms with Gasteiger partial charge in [0.1, 0.15) is 5.82 Å². The first-order chi connectivity index (χ1) is 9.49. The Labute approximate surface area is 127 Å². The first kappa shape index (κ1) is 15.0. The zero-order valence-electron chi connectivity index (χ0n) is 11.5. The summed E-state index contributed by atoms with van der Waals surface area (Å²) in [5.41, 5.74) is 2.19. The van der Waals surface area contributed by atoms with Crippen molar-refractivity contribution in [2.45, 2.75) is 19.6 Å². The van der Waals surface area contributed by atoms with Gasteiger partial charge in [-0.3, -0.25) is 0 Å². The van der Waals surface area contributed by atoms with Gasteiger partial charge in [-0.2, -0.15) is 0 Å². The van der Waals surface area contributed by atoms with Crippen molar-refractivity contribution in [3.05, 3.63) is 63.9 Å². The lowest BCUT2D eigenvalue weighted by atomic mass is 10.1. The van der Waals surface area contributed by atoms with Gasteiger partial charge < -0.3 is 10.0 Å². The number of aliphatic hydroxyl groups is 1. The molecule has 0 unspecified atom stereocenters. The van der Waals surface area contributed by atoms with Crippen LogP contribution >= 0.6 is 15.9 Å². The fraction of sp³-hybridized carbons (Fsp3) is 0.250. The second-order valence-corrected chi connectivity index (χ2v) is 5.69. The Morgan fingerprint density at radius 3 is 2.55 bits per heavy atom. The number of halogens is 2. The van der Waals surface area contributed by atoms with E-state index in [1.807, 2.05) is 36.2 Å². The molecule has 1 N–H and O–H groups in total. The minimum Gasteiger partial charge on any atom is -0.389 e. The minimum absolute atomic E-state index is 0.321. The molecule has 0 aliphatic carbocycles. The van der Waals surface area contributed by atoms with Crippen molar-refractivity contribution in [3.8, 4) is 0 Å². The zero-order valence-corrected chi connectivity index (χ0v) is 13.1. The second-order valence-electron chi connectivity index (χ2n) is 4.83. The number of hydrogen-bond donors (Lipinski definition) is 1. The monoisotopic (exact) mass is 337 g/mol. The molecule has 0 fully saturated rings. The van der Waals surface area contributed by atoms with E-state index in [1.165, 1.54) is 6.07 Å². The largest absolute Gasteiger partial charge is 0.389 e. The van der Waals surface area contributed by atoms with E-state index in [-0.39, 0.29) is 5.82 Å². The maximum absolute atomic E-state index is 14.1. The highest BCUT2D eigenvalue weighted by Gasteiger charge is 2.11. The molecule has 2 rings (SSSR count). The van der Waals surface area contributed by atoms with Crippen molar-refractivity contribution in [1.29, 1.82) is 0 Å². The van der Waals surface area contributed by atoms with Crippen molar-refractivity contribution < 1.29 is 9.50 Å². The van der Waals surface area contributed by atoms with Gasteiger partial charge >= 0.3 is 0 Å². The van der Waals surface area contributed by atoms with E-state index in [2.05, 4.69) is 15.9 Å². The summed E-state index contributed by atoms with van der Waals surface area (Å²) in [4.78, 5) is 1.85. The third-order valence-corrected chi connectivity index (χ3v) is 4.00. The van der Waals surface area contributed by atoms with E-state index in [4.69, 9.17) is 0 Å². The Balaban J connectivity index is 2.21. The summed E-state index contributed by atoms with van der Waals surface area (Å²) < 4.78 is 15.1. The molecular formula is C16H17BrFNO. The topological polar surface area (TPSA) is 23.5 Å². The molecule has 106 valence electrons. The van der Waals surface area contributed by atoms with Crippen LogP contribution in [0.15, 0.2) is 46.9 Å². The van der Waals surface area contributed by atoms with Crippen LogP contribution < -0.4 is 4.90 Å². The smallest absolute Gasteiger partial charge is 0.146 e. The van der Waals surface area contributed by atoms with Crippen LogP contribution in [-0.2, 0) is 6.54 Å². The van der Waals surface area contributed by atoms with Gasteiger partial charge in [0, 0.05) is 18.1 Å². The van der Waals surface area contributed by atoms with Gasteiger partial charge in [-0.05, 0) is 36.2 Å². The lowest BCUT2D eigenvalue weighted by molar-refractivity contribution is 0.199. The summed E-state index contributed by atoms with van der Waals surface area (Å²) in [5.74, 6) is -0.321. The SMILES string of the molecule is C[C@H](O)c1ccc(N(C)Cc2ccccc2Br)c(F)c1. The molecule has 2 nitrogen and oxygen atoms in total. The van der Waals surface area contributed by atoms with Gasteiger partial charge in [0.15, 0.2) is 0 Å². The van der Waals surface area contributed by atoms with Crippen LogP contribution in [0.2, 0.25) is 0 Å². The highest BCUT2D eigenvalue weighted by Crippen LogP contribution is 2.25. The number of nitrogens with zero attached hydrogens (tertiary/aromatic N) is 1. The zero-order chi connectivity index (χ0) is 14.7. The second kappa shape index (κ2) is 6.37. The molecule has 0 amide bonds. The van der Waals surface area contributed by atoms with Crippen molar-refractivity contribution in [1.82, 2.24) is 0 Å². The average molecular weight is 338 g/mol. The Kier molecular flexibility index (Phi) is 4.78. The molecule has 0 saturated heterocycles. The predicted molar refractivity (Wildman–Crippen MR) is 83.3 cm³/mol. The lowest BCUT2D eigenvalue weighted by Crippen LogP contribution is -2.18. The van der Waals surface area contributed by atoms with Crippen LogP contribution in [0.25, 0.3) is 0 Å². The summed E-state index contributed by atoms with van der Waals surface area (Å²) in [6, 6.07) is 12.7. The van der Waals surface area contributed by atoms with Gasteiger partial charge in [-0.1, -0.05) is 40.2 Å². The van der Waals surface area contributed by atoms with Crippen LogP contribution in [0.3, 0.4) is 0 Å². The molecule has 0 aromatic heterocycles. The van der Waals surface area contributed by atoms with Crippen molar-refractivity contribution in [3.63, 3.8) is 0 Å². The van der Waals surface area contributed by atoms with E-state index >= 15 is 0 Å². The number of benzene rings is 2. The molecule has 1 atom stereocenters. The molecular weight excluding hydrogens is 321 g/mol. The summed E-state index contributed by atoms with van der Waals surface area (Å²) >= 11 is 3.49. The van der Waals surface area contributed by atoms with Crippen LogP contribution in [0.5, 0.6) is 0 Å². The van der Waals surface area contributed by atoms with E-state index < -0.39 is 6.10 Å². The molecule has 0 bridgehead atoms. The Bertz CT molecular complexity index is 601. The van der Waals surface area contributed by atoms with Gasteiger partial charge in [-0.15, -0.1) is 0 Å². The fourth-order valence-electron chi connectivity index (χ4n) is 2.06. The van der Waals surface area contributed by atoms with Gasteiger partial charge in [-0.25, -0.2) is 4.39 Å². The maximum atomic E-state index is 14.1. The molecule has 0 aliphatic heterocycles. The molecule has 0 spiro atoms. The molecule has 20 heavy (non-hydrogen) atoms. The van der Waals surface area contributed by atoms with E-state index in [1.54, 1.807) is 19.1 Å². The number of hydrogen-bond acceptors (Lipinski definition) is 2. The molecule has 2 aromatic rings. The quantitative estimate of drug-likeness (QED) is 0.900. The standard InChI is InChI=1S/C16H17BrFNO/c1-11(20)12-7-8-16(15(18)9-12)19(2)10-13-5-3-4-6-14(13)17/h3-9,11,20H,10H2,1-2H3/t11-/m0/s1. The third kappa shape index (κ3) is 3.38. The summed E-state index contributed by atoms with van der Waals surface area (Å²) in [7, 11) is 1.85. The molecule has 4 heteroatoms. The third-order valence-electron chi connectivity index (χ3n) is 3.23. The Hall–Kier alpha value is -1.39. The maximum Gasteiger partial charge on any atom is 0.146 e. The molecule has 0 aliphatic rings. The van der Waals surface area contributed by atoms with E-state index in [0.29, 0.717) is 17.8 Å². The van der Waals surface area contributed by atoms with Crippen molar-refractivity contribution >= 4 is 21.6 Å². The normalized spacial score (nSPS) is 12.2. The molecule has 0 heterocycles. The highest BCUT2D eigenvalue weighted by atomic mass is 79.9. The van der Waals surface area contributed by atoms with Crippen LogP contribution in [0.1, 0.15) is 24.2 Å². The highest BCUT2D eigenvalue weighted by molar-refractivity contribution is 9.10. The van der Waals surface area contributed by atoms with E-state index in [0.717, 1.165) is 10.0 Å². The first-order valence-corrected chi connectivity index (χ1v) is 7.20. The van der Waals surface area contributed by atoms with Crippen LogP contribution in [0.4, 0.5) is 10.1 Å².